The zero-order valence-electron chi connectivity index (χ0n) is 7.82. The number of rotatable bonds is 2. The van der Waals surface area contributed by atoms with Crippen molar-refractivity contribution >= 4 is 17.2 Å². The molecule has 4 nitrogen and oxygen atoms in total. The van der Waals surface area contributed by atoms with Crippen molar-refractivity contribution in [3.05, 3.63) is 16.1 Å². The van der Waals surface area contributed by atoms with Crippen molar-refractivity contribution < 1.29 is 4.79 Å². The maximum Gasteiger partial charge on any atom is 0.260 e. The van der Waals surface area contributed by atoms with Crippen molar-refractivity contribution in [1.29, 1.82) is 0 Å². The van der Waals surface area contributed by atoms with E-state index in [2.05, 4.69) is 10.3 Å². The minimum Gasteiger partial charge on any atom is -0.365 e. The van der Waals surface area contributed by atoms with Crippen LogP contribution in [0.1, 0.15) is 40.0 Å². The second kappa shape index (κ2) is 4.06. The van der Waals surface area contributed by atoms with E-state index in [1.165, 1.54) is 24.2 Å². The molecule has 76 valence electrons. The lowest BCUT2D eigenvalue weighted by Gasteiger charge is -2.20. The molecule has 0 aromatic carbocycles. The smallest absolute Gasteiger partial charge is 0.260 e. The van der Waals surface area contributed by atoms with Gasteiger partial charge in [0.15, 0.2) is 0 Å². The molecular weight excluding hydrogens is 198 g/mol. The van der Waals surface area contributed by atoms with E-state index in [1.807, 2.05) is 0 Å². The lowest BCUT2D eigenvalue weighted by molar-refractivity contribution is 0.100. The van der Waals surface area contributed by atoms with Crippen LogP contribution in [0, 0.1) is 0 Å². The van der Waals surface area contributed by atoms with Gasteiger partial charge in [-0.25, -0.2) is 4.98 Å². The van der Waals surface area contributed by atoms with Crippen LogP contribution < -0.4 is 11.1 Å². The zero-order chi connectivity index (χ0) is 9.97. The molecule has 2 rings (SSSR count). The predicted octanol–water partition coefficient (Wildman–Crippen LogP) is 1.06. The molecule has 1 atom stereocenters. The molecule has 1 aliphatic rings. The van der Waals surface area contributed by atoms with Gasteiger partial charge in [0.05, 0.1) is 12.2 Å². The van der Waals surface area contributed by atoms with Crippen molar-refractivity contribution in [3.8, 4) is 0 Å². The molecule has 0 spiro atoms. The van der Waals surface area contributed by atoms with Crippen LogP contribution >= 0.6 is 11.3 Å². The number of thiazole rings is 1. The summed E-state index contributed by atoms with van der Waals surface area (Å²) in [6, 6.07) is 0.321. The topological polar surface area (TPSA) is 68.0 Å². The fourth-order valence-electron chi connectivity index (χ4n) is 1.63. The molecule has 0 radical (unpaired) electrons. The number of hydrogen-bond donors (Lipinski definition) is 2. The van der Waals surface area contributed by atoms with Gasteiger partial charge in [0.25, 0.3) is 5.91 Å². The van der Waals surface area contributed by atoms with E-state index in [0.29, 0.717) is 10.9 Å². The zero-order valence-corrected chi connectivity index (χ0v) is 8.64. The Labute approximate surface area is 86.5 Å². The van der Waals surface area contributed by atoms with Crippen molar-refractivity contribution in [1.82, 2.24) is 10.3 Å². The third-order valence-corrected chi connectivity index (χ3v) is 3.50. The molecule has 3 N–H and O–H groups in total. The van der Waals surface area contributed by atoms with Crippen molar-refractivity contribution in [2.75, 3.05) is 6.54 Å². The Hall–Kier alpha value is -0.940. The standard InChI is InChI=1S/C9H13N3OS/c10-8(13)7-5-12-9(14-7)6-3-1-2-4-11-6/h5-6,11H,1-4H2,(H2,10,13). The maximum absolute atomic E-state index is 10.9. The highest BCUT2D eigenvalue weighted by Gasteiger charge is 2.18. The van der Waals surface area contributed by atoms with Gasteiger partial charge in [-0.1, -0.05) is 6.42 Å². The molecule has 0 bridgehead atoms. The fraction of sp³-hybridized carbons (Fsp3) is 0.556. The summed E-state index contributed by atoms with van der Waals surface area (Å²) in [4.78, 5) is 15.6. The lowest BCUT2D eigenvalue weighted by Crippen LogP contribution is -2.26. The lowest BCUT2D eigenvalue weighted by atomic mass is 10.1. The van der Waals surface area contributed by atoms with Crippen molar-refractivity contribution in [2.24, 2.45) is 5.73 Å². The summed E-state index contributed by atoms with van der Waals surface area (Å²) in [5, 5.41) is 4.37. The van der Waals surface area contributed by atoms with Gasteiger partial charge >= 0.3 is 0 Å². The van der Waals surface area contributed by atoms with Crippen LogP contribution in [-0.4, -0.2) is 17.4 Å². The highest BCUT2D eigenvalue weighted by molar-refractivity contribution is 7.13. The highest BCUT2D eigenvalue weighted by Crippen LogP contribution is 2.26. The number of nitrogens with zero attached hydrogens (tertiary/aromatic N) is 1. The SMILES string of the molecule is NC(=O)c1cnc(C2CCCCN2)s1. The quantitative estimate of drug-likeness (QED) is 0.768. The number of amides is 1. The molecule has 1 aliphatic heterocycles. The normalized spacial score (nSPS) is 22.1. The minimum atomic E-state index is -0.385. The van der Waals surface area contributed by atoms with Crippen LogP contribution in [-0.2, 0) is 0 Å². The number of nitrogens with one attached hydrogen (secondary N) is 1. The monoisotopic (exact) mass is 211 g/mol. The van der Waals surface area contributed by atoms with E-state index in [-0.39, 0.29) is 5.91 Å². The number of nitrogens with two attached hydrogens (primary N) is 1. The first-order valence-electron chi connectivity index (χ1n) is 4.76. The Morgan fingerprint density at radius 3 is 3.07 bits per heavy atom. The van der Waals surface area contributed by atoms with Crippen LogP contribution in [0.25, 0.3) is 0 Å². The van der Waals surface area contributed by atoms with Crippen molar-refractivity contribution in [2.45, 2.75) is 25.3 Å². The number of carbonyl (C=O) groups excluding carboxylic acids is 1. The molecule has 2 heterocycles. The third-order valence-electron chi connectivity index (χ3n) is 2.37. The first kappa shape index (κ1) is 9.61. The first-order valence-corrected chi connectivity index (χ1v) is 5.58. The van der Waals surface area contributed by atoms with E-state index in [1.54, 1.807) is 6.20 Å². The average Bonchev–Trinajstić information content (AvgIpc) is 2.68. The highest BCUT2D eigenvalue weighted by atomic mass is 32.1. The van der Waals surface area contributed by atoms with Crippen LogP contribution in [0.3, 0.4) is 0 Å². The van der Waals surface area contributed by atoms with E-state index in [0.717, 1.165) is 18.0 Å². The molecule has 1 saturated heterocycles. The Bertz CT molecular complexity index is 331. The second-order valence-electron chi connectivity index (χ2n) is 3.43. The van der Waals surface area contributed by atoms with E-state index in [9.17, 15) is 4.79 Å². The Kier molecular flexibility index (Phi) is 2.79. The molecule has 1 unspecified atom stereocenters. The number of hydrogen-bond acceptors (Lipinski definition) is 4. The van der Waals surface area contributed by atoms with Crippen LogP contribution in [0.2, 0.25) is 0 Å². The molecule has 0 aliphatic carbocycles. The van der Waals surface area contributed by atoms with Crippen molar-refractivity contribution in [3.63, 3.8) is 0 Å². The van der Waals surface area contributed by atoms with Gasteiger partial charge in [0, 0.05) is 0 Å². The van der Waals surface area contributed by atoms with Crippen LogP contribution in [0.15, 0.2) is 6.20 Å². The Morgan fingerprint density at radius 2 is 2.50 bits per heavy atom. The third kappa shape index (κ3) is 1.93. The summed E-state index contributed by atoms with van der Waals surface area (Å²) in [7, 11) is 0. The summed E-state index contributed by atoms with van der Waals surface area (Å²) in [5.74, 6) is -0.385. The van der Waals surface area contributed by atoms with Gasteiger partial charge in [-0.3, -0.25) is 4.79 Å². The van der Waals surface area contributed by atoms with Gasteiger partial charge in [-0.05, 0) is 19.4 Å². The molecule has 14 heavy (non-hydrogen) atoms. The van der Waals surface area contributed by atoms with Crippen LogP contribution in [0.5, 0.6) is 0 Å². The number of piperidine rings is 1. The second-order valence-corrected chi connectivity index (χ2v) is 4.49. The minimum absolute atomic E-state index is 0.321. The van der Waals surface area contributed by atoms with Gasteiger partial charge in [-0.2, -0.15) is 0 Å². The van der Waals surface area contributed by atoms with Gasteiger partial charge in [0.1, 0.15) is 9.88 Å². The number of primary amides is 1. The molecule has 1 amide bonds. The van der Waals surface area contributed by atoms with E-state index in [4.69, 9.17) is 5.73 Å². The van der Waals surface area contributed by atoms with Crippen LogP contribution in [0.4, 0.5) is 0 Å². The van der Waals surface area contributed by atoms with E-state index >= 15 is 0 Å². The largest absolute Gasteiger partial charge is 0.365 e. The molecule has 1 aromatic heterocycles. The predicted molar refractivity (Wildman–Crippen MR) is 55.2 cm³/mol. The van der Waals surface area contributed by atoms with Gasteiger partial charge in [-0.15, -0.1) is 11.3 Å². The molecule has 1 fully saturated rings. The molecular formula is C9H13N3OS. The van der Waals surface area contributed by atoms with Gasteiger partial charge in [0.2, 0.25) is 0 Å². The van der Waals surface area contributed by atoms with E-state index < -0.39 is 0 Å². The molecule has 0 saturated carbocycles. The summed E-state index contributed by atoms with van der Waals surface area (Å²) in [6.45, 7) is 1.04. The number of carbonyl (C=O) groups is 1. The summed E-state index contributed by atoms with van der Waals surface area (Å²) >= 11 is 1.40. The summed E-state index contributed by atoms with van der Waals surface area (Å²) in [6.07, 6.45) is 5.12. The fourth-order valence-corrected chi connectivity index (χ4v) is 2.51. The summed E-state index contributed by atoms with van der Waals surface area (Å²) < 4.78 is 0. The average molecular weight is 211 g/mol. The molecule has 5 heteroatoms. The summed E-state index contributed by atoms with van der Waals surface area (Å²) in [5.41, 5.74) is 5.17. The maximum atomic E-state index is 10.9. The van der Waals surface area contributed by atoms with Gasteiger partial charge < -0.3 is 11.1 Å². The Balaban J connectivity index is 2.11. The first-order chi connectivity index (χ1) is 6.77. The Morgan fingerprint density at radius 1 is 1.64 bits per heavy atom. The number of aromatic nitrogens is 1. The molecule has 1 aromatic rings.